The van der Waals surface area contributed by atoms with E-state index in [0.29, 0.717) is 5.88 Å². The molecule has 1 fully saturated rings. The maximum atomic E-state index is 10.6. The molecule has 5 heteroatoms. The Kier molecular flexibility index (Phi) is 2.39. The van der Waals surface area contributed by atoms with E-state index in [0.717, 1.165) is 19.4 Å². The van der Waals surface area contributed by atoms with E-state index in [1.54, 1.807) is 6.20 Å². The summed E-state index contributed by atoms with van der Waals surface area (Å²) >= 11 is 0. The van der Waals surface area contributed by atoms with Crippen molar-refractivity contribution in [3.63, 3.8) is 0 Å². The van der Waals surface area contributed by atoms with Crippen molar-refractivity contribution in [1.82, 2.24) is 4.98 Å². The lowest BCUT2D eigenvalue weighted by molar-refractivity contribution is -0.137. The highest BCUT2D eigenvalue weighted by Gasteiger charge is 2.28. The first-order valence-electron chi connectivity index (χ1n) is 4.64. The average molecular weight is 196 g/mol. The number of nitrogens with zero attached hydrogens (tertiary/aromatic N) is 2. The van der Waals surface area contributed by atoms with Gasteiger partial charge >= 0.3 is 5.97 Å². The van der Waals surface area contributed by atoms with Gasteiger partial charge < -0.3 is 14.4 Å². The van der Waals surface area contributed by atoms with Gasteiger partial charge in [0.05, 0.1) is 12.6 Å². The molecule has 0 radical (unpaired) electrons. The third kappa shape index (κ3) is 1.71. The van der Waals surface area contributed by atoms with Crippen LogP contribution in [0.2, 0.25) is 0 Å². The Morgan fingerprint density at radius 3 is 3.29 bits per heavy atom. The molecule has 1 unspecified atom stereocenters. The Balaban J connectivity index is 2.07. The summed E-state index contributed by atoms with van der Waals surface area (Å²) in [5.41, 5.74) is 0. The molecule has 0 bridgehead atoms. The van der Waals surface area contributed by atoms with E-state index in [9.17, 15) is 4.79 Å². The van der Waals surface area contributed by atoms with Gasteiger partial charge in [0, 0.05) is 12.6 Å². The van der Waals surface area contributed by atoms with Gasteiger partial charge in [0.15, 0.2) is 6.39 Å². The fourth-order valence-electron chi connectivity index (χ4n) is 1.89. The molecule has 1 aromatic rings. The van der Waals surface area contributed by atoms with Crippen LogP contribution >= 0.6 is 0 Å². The molecule has 0 aromatic carbocycles. The van der Waals surface area contributed by atoms with Gasteiger partial charge in [-0.2, -0.15) is 0 Å². The van der Waals surface area contributed by atoms with Gasteiger partial charge in [0.1, 0.15) is 0 Å². The van der Waals surface area contributed by atoms with Crippen molar-refractivity contribution in [2.75, 3.05) is 11.4 Å². The van der Waals surface area contributed by atoms with E-state index >= 15 is 0 Å². The minimum atomic E-state index is -0.763. The first-order chi connectivity index (χ1) is 6.77. The molecule has 0 aliphatic carbocycles. The van der Waals surface area contributed by atoms with Crippen LogP contribution in [0, 0.1) is 0 Å². The van der Waals surface area contributed by atoms with E-state index in [-0.39, 0.29) is 12.5 Å². The van der Waals surface area contributed by atoms with Crippen LogP contribution in [0.15, 0.2) is 17.0 Å². The van der Waals surface area contributed by atoms with E-state index in [1.165, 1.54) is 6.39 Å². The molecular weight excluding hydrogens is 184 g/mol. The van der Waals surface area contributed by atoms with E-state index in [1.807, 2.05) is 4.90 Å². The van der Waals surface area contributed by atoms with Crippen LogP contribution < -0.4 is 4.90 Å². The first kappa shape index (κ1) is 9.05. The molecule has 0 amide bonds. The number of carboxylic acid groups (broad SMARTS) is 1. The molecule has 1 aliphatic heterocycles. The minimum Gasteiger partial charge on any atom is -0.481 e. The van der Waals surface area contributed by atoms with E-state index in [4.69, 9.17) is 9.52 Å². The maximum absolute atomic E-state index is 10.6. The third-order valence-corrected chi connectivity index (χ3v) is 2.49. The molecule has 0 saturated carbocycles. The summed E-state index contributed by atoms with van der Waals surface area (Å²) in [6.45, 7) is 0.854. The second-order valence-electron chi connectivity index (χ2n) is 3.43. The quantitative estimate of drug-likeness (QED) is 0.784. The molecule has 1 N–H and O–H groups in total. The van der Waals surface area contributed by atoms with Gasteiger partial charge in [-0.15, -0.1) is 0 Å². The highest BCUT2D eigenvalue weighted by molar-refractivity contribution is 5.68. The third-order valence-electron chi connectivity index (χ3n) is 2.49. The molecule has 14 heavy (non-hydrogen) atoms. The van der Waals surface area contributed by atoms with Crippen LogP contribution in [0.4, 0.5) is 5.88 Å². The SMILES string of the molecule is O=C(O)CC1CCCN1c1cnco1. The van der Waals surface area contributed by atoms with Crippen LogP contribution in [-0.4, -0.2) is 28.6 Å². The zero-order valence-electron chi connectivity index (χ0n) is 7.72. The fraction of sp³-hybridized carbons (Fsp3) is 0.556. The summed E-state index contributed by atoms with van der Waals surface area (Å²) in [7, 11) is 0. The molecule has 76 valence electrons. The Hall–Kier alpha value is -1.52. The van der Waals surface area contributed by atoms with Crippen LogP contribution in [0.3, 0.4) is 0 Å². The lowest BCUT2D eigenvalue weighted by atomic mass is 10.1. The second kappa shape index (κ2) is 3.69. The Bertz CT molecular complexity index is 310. The number of hydrogen-bond acceptors (Lipinski definition) is 4. The van der Waals surface area contributed by atoms with Crippen molar-refractivity contribution < 1.29 is 14.3 Å². The predicted molar refractivity (Wildman–Crippen MR) is 49.1 cm³/mol. The minimum absolute atomic E-state index is 0.0560. The summed E-state index contributed by atoms with van der Waals surface area (Å²) in [6, 6.07) is 0.0560. The molecule has 1 atom stereocenters. The largest absolute Gasteiger partial charge is 0.481 e. The molecule has 1 aliphatic rings. The van der Waals surface area contributed by atoms with Crippen molar-refractivity contribution in [2.24, 2.45) is 0 Å². The second-order valence-corrected chi connectivity index (χ2v) is 3.43. The summed E-state index contributed by atoms with van der Waals surface area (Å²) in [4.78, 5) is 16.4. The molecule has 2 rings (SSSR count). The van der Waals surface area contributed by atoms with Gasteiger partial charge in [-0.3, -0.25) is 4.79 Å². The molecular formula is C9H12N2O3. The van der Waals surface area contributed by atoms with Crippen molar-refractivity contribution in [1.29, 1.82) is 0 Å². The maximum Gasteiger partial charge on any atom is 0.305 e. The number of anilines is 1. The first-order valence-corrected chi connectivity index (χ1v) is 4.64. The number of oxazole rings is 1. The fourth-order valence-corrected chi connectivity index (χ4v) is 1.89. The Morgan fingerprint density at radius 2 is 2.64 bits per heavy atom. The highest BCUT2D eigenvalue weighted by atomic mass is 16.4. The van der Waals surface area contributed by atoms with E-state index in [2.05, 4.69) is 4.98 Å². The van der Waals surface area contributed by atoms with Crippen molar-refractivity contribution >= 4 is 11.9 Å². The van der Waals surface area contributed by atoms with Crippen LogP contribution in [0.25, 0.3) is 0 Å². The van der Waals surface area contributed by atoms with Crippen LogP contribution in [0.1, 0.15) is 19.3 Å². The zero-order chi connectivity index (χ0) is 9.97. The molecule has 1 aromatic heterocycles. The van der Waals surface area contributed by atoms with Crippen LogP contribution in [0.5, 0.6) is 0 Å². The van der Waals surface area contributed by atoms with Crippen molar-refractivity contribution in [3.05, 3.63) is 12.6 Å². The van der Waals surface area contributed by atoms with Crippen molar-refractivity contribution in [2.45, 2.75) is 25.3 Å². The average Bonchev–Trinajstić information content (AvgIpc) is 2.70. The monoisotopic (exact) mass is 196 g/mol. The summed E-state index contributed by atoms with van der Waals surface area (Å²) in [6.07, 6.45) is 5.08. The van der Waals surface area contributed by atoms with E-state index < -0.39 is 5.97 Å². The summed E-state index contributed by atoms with van der Waals surface area (Å²) < 4.78 is 5.15. The summed E-state index contributed by atoms with van der Waals surface area (Å²) in [5.74, 6) is -0.0878. The number of aromatic nitrogens is 1. The lowest BCUT2D eigenvalue weighted by Gasteiger charge is -2.21. The lowest BCUT2D eigenvalue weighted by Crippen LogP contribution is -2.30. The Labute approximate surface area is 81.3 Å². The normalized spacial score (nSPS) is 21.4. The number of rotatable bonds is 3. The molecule has 2 heterocycles. The number of carbonyl (C=O) groups is 1. The van der Waals surface area contributed by atoms with Gasteiger partial charge in [-0.05, 0) is 12.8 Å². The zero-order valence-corrected chi connectivity index (χ0v) is 7.72. The highest BCUT2D eigenvalue weighted by Crippen LogP contribution is 2.26. The predicted octanol–water partition coefficient (Wildman–Crippen LogP) is 1.12. The molecule has 0 spiro atoms. The van der Waals surface area contributed by atoms with Gasteiger partial charge in [-0.1, -0.05) is 0 Å². The molecule has 5 nitrogen and oxygen atoms in total. The number of hydrogen-bond donors (Lipinski definition) is 1. The smallest absolute Gasteiger partial charge is 0.305 e. The standard InChI is InChI=1S/C9H12N2O3/c12-9(13)4-7-2-1-3-11(7)8-5-10-6-14-8/h5-7H,1-4H2,(H,12,13). The van der Waals surface area contributed by atoms with Gasteiger partial charge in [0.2, 0.25) is 5.88 Å². The number of carboxylic acids is 1. The van der Waals surface area contributed by atoms with Gasteiger partial charge in [0.25, 0.3) is 0 Å². The summed E-state index contributed by atoms with van der Waals surface area (Å²) in [5, 5.41) is 8.72. The van der Waals surface area contributed by atoms with Gasteiger partial charge in [-0.25, -0.2) is 4.98 Å². The van der Waals surface area contributed by atoms with Crippen molar-refractivity contribution in [3.8, 4) is 0 Å². The Morgan fingerprint density at radius 1 is 1.79 bits per heavy atom. The number of aliphatic carboxylic acids is 1. The molecule has 1 saturated heterocycles. The van der Waals surface area contributed by atoms with Crippen LogP contribution in [-0.2, 0) is 4.79 Å². The topological polar surface area (TPSA) is 66.6 Å².